The maximum atomic E-state index is 9.98. The van der Waals surface area contributed by atoms with Crippen LogP contribution < -0.4 is 0 Å². The van der Waals surface area contributed by atoms with Crippen LogP contribution in [0, 0.1) is 53.4 Å². The van der Waals surface area contributed by atoms with Gasteiger partial charge in [-0.15, -0.1) is 5.92 Å². The zero-order valence-electron chi connectivity index (χ0n) is 78.5. The highest BCUT2D eigenvalue weighted by molar-refractivity contribution is 5.76. The summed E-state index contributed by atoms with van der Waals surface area (Å²) < 4.78 is 0. The third-order valence-corrected chi connectivity index (χ3v) is 22.1. The molecule has 14 aromatic rings. The SMILES string of the molecule is C.CC#Cc1ccc(C(C)C)cc1.CCCc1ccc(C(C)C)cc1.Cc1ccc(-c2cc(C(C)C)cc(O)c2O)cc1.Cc1ccc(-c2cc(C(C)C)ccc2O)cc1.Cc1ccc(-c2cccc(C(C)C)c2)cc1.Cc1cccc(-c2cccc(C(C)C)c2)c1.Cc1ccccc1-c1cccc(C(C)C)c1.Cc1ccccc1-c1cccc(C(C)C)c1. The van der Waals surface area contributed by atoms with Crippen LogP contribution in [0.5, 0.6) is 17.2 Å². The smallest absolute Gasteiger partial charge is 0.165 e. The van der Waals surface area contributed by atoms with Gasteiger partial charge in [0, 0.05) is 16.7 Å². The molecule has 0 saturated carbocycles. The lowest BCUT2D eigenvalue weighted by Crippen LogP contribution is -1.89. The molecule has 3 N–H and O–H groups in total. The molecule has 0 amide bonds. The Morgan fingerprint density at radius 3 is 0.944 bits per heavy atom. The van der Waals surface area contributed by atoms with Crippen molar-refractivity contribution in [1.29, 1.82) is 0 Å². The Hall–Kier alpha value is -12.0. The van der Waals surface area contributed by atoms with E-state index in [4.69, 9.17) is 0 Å². The zero-order valence-corrected chi connectivity index (χ0v) is 78.5. The second-order valence-corrected chi connectivity index (χ2v) is 35.0. The fraction of sp³-hybridized carbons (Fsp3) is 0.289. The van der Waals surface area contributed by atoms with Crippen LogP contribution in [0.1, 0.15) is 275 Å². The quantitative estimate of drug-likeness (QED) is 0.0667. The van der Waals surface area contributed by atoms with Gasteiger partial charge in [-0.2, -0.15) is 0 Å². The van der Waals surface area contributed by atoms with E-state index in [1.165, 1.54) is 135 Å². The first kappa shape index (κ1) is 101. The third kappa shape index (κ3) is 32.4. The van der Waals surface area contributed by atoms with Gasteiger partial charge in [-0.1, -0.05) is 445 Å². The van der Waals surface area contributed by atoms with E-state index in [0.717, 1.165) is 27.8 Å². The maximum Gasteiger partial charge on any atom is 0.165 e. The van der Waals surface area contributed by atoms with Crippen molar-refractivity contribution in [1.82, 2.24) is 0 Å². The van der Waals surface area contributed by atoms with Crippen molar-refractivity contribution in [2.75, 3.05) is 0 Å². The lowest BCUT2D eigenvalue weighted by Gasteiger charge is -2.12. The highest BCUT2D eigenvalue weighted by atomic mass is 16.3. The summed E-state index contributed by atoms with van der Waals surface area (Å²) in [7, 11) is 0. The Bertz CT molecular complexity index is 5470. The zero-order chi connectivity index (χ0) is 89.8. The van der Waals surface area contributed by atoms with E-state index in [1.807, 2.05) is 50.2 Å². The monoisotopic (exact) mass is 1650 g/mol. The standard InChI is InChI=1S/C16H18O2.C16H18O.4C16H18.C12H18.C12H14.CH4/c1-10(2)13-8-14(16(18)15(17)9-13)12-6-4-11(3)5-7-12;1-11(2)14-8-9-16(17)15(10-14)13-6-4-12(3)5-7-13;1-12(2)14-7-5-9-16(11-14)15-8-4-6-13(3)10-15;2*1-12(2)14-8-6-9-15(11-14)16-10-5-4-7-13(16)3;1-12(2)15-5-4-6-16(11-15)14-9-7-13(3)8-10-14;2*1-4-5-11-6-8-12(9-7-11)10(2)3;/h4-10,17-18H,1-3H3;4-11,17H,1-3H3;4*4-12H,1-3H3;6-10H,4-5H2,1-3H3;6-10H,1-3H3;1H4. The van der Waals surface area contributed by atoms with E-state index in [9.17, 15) is 15.3 Å². The first-order valence-electron chi connectivity index (χ1n) is 44.5. The van der Waals surface area contributed by atoms with E-state index in [-0.39, 0.29) is 18.9 Å². The van der Waals surface area contributed by atoms with E-state index in [0.29, 0.717) is 58.7 Å². The summed E-state index contributed by atoms with van der Waals surface area (Å²) in [6.07, 6.45) is 2.44. The van der Waals surface area contributed by atoms with Crippen molar-refractivity contribution in [2.45, 2.75) is 234 Å². The molecule has 14 rings (SSSR count). The molecule has 14 aromatic carbocycles. The molecule has 0 unspecified atom stereocenters. The van der Waals surface area contributed by atoms with Crippen molar-refractivity contribution in [3.05, 3.63) is 411 Å². The van der Waals surface area contributed by atoms with Crippen LogP contribution in [-0.2, 0) is 6.42 Å². The van der Waals surface area contributed by atoms with Crippen LogP contribution in [0.15, 0.2) is 322 Å². The molecule has 0 saturated heterocycles. The molecule has 0 atom stereocenters. The third-order valence-electron chi connectivity index (χ3n) is 22.1. The van der Waals surface area contributed by atoms with Gasteiger partial charge in [0.25, 0.3) is 0 Å². The van der Waals surface area contributed by atoms with Crippen molar-refractivity contribution in [2.24, 2.45) is 0 Å². The Morgan fingerprint density at radius 1 is 0.242 bits per heavy atom. The van der Waals surface area contributed by atoms with Crippen LogP contribution in [0.2, 0.25) is 0 Å². The van der Waals surface area contributed by atoms with Gasteiger partial charge in [-0.25, -0.2) is 0 Å². The second-order valence-electron chi connectivity index (χ2n) is 35.0. The van der Waals surface area contributed by atoms with Gasteiger partial charge in [0.2, 0.25) is 0 Å². The molecular formula is C121H144O3. The normalized spacial score (nSPS) is 10.5. The summed E-state index contributed by atoms with van der Waals surface area (Å²) >= 11 is 0. The number of phenols is 3. The average Bonchev–Trinajstić information content (AvgIpc) is 0.822. The molecule has 0 fully saturated rings. The van der Waals surface area contributed by atoms with Gasteiger partial charge >= 0.3 is 0 Å². The van der Waals surface area contributed by atoms with Crippen molar-refractivity contribution < 1.29 is 15.3 Å². The minimum Gasteiger partial charge on any atom is -0.507 e. The number of phenolic OH excluding ortho intramolecular Hbond substituents is 3. The molecule has 0 aliphatic heterocycles. The molecule has 3 nitrogen and oxygen atoms in total. The number of aromatic hydroxyl groups is 3. The van der Waals surface area contributed by atoms with Crippen molar-refractivity contribution >= 4 is 0 Å². The molecule has 0 heterocycles. The van der Waals surface area contributed by atoms with Crippen LogP contribution >= 0.6 is 0 Å². The molecule has 0 spiro atoms. The van der Waals surface area contributed by atoms with Gasteiger partial charge in [0.1, 0.15) is 5.75 Å². The molecule has 0 aliphatic rings. The lowest BCUT2D eigenvalue weighted by atomic mass is 9.95. The van der Waals surface area contributed by atoms with Gasteiger partial charge in [-0.3, -0.25) is 0 Å². The Balaban J connectivity index is 0.000000220. The van der Waals surface area contributed by atoms with Crippen LogP contribution in [0.4, 0.5) is 0 Å². The van der Waals surface area contributed by atoms with E-state index < -0.39 is 0 Å². The number of rotatable bonds is 16. The second kappa shape index (κ2) is 51.2. The van der Waals surface area contributed by atoms with Crippen molar-refractivity contribution in [3.8, 4) is 95.9 Å². The van der Waals surface area contributed by atoms with Gasteiger partial charge in [-0.05, 0) is 255 Å². The van der Waals surface area contributed by atoms with E-state index in [1.54, 1.807) is 12.1 Å². The maximum absolute atomic E-state index is 9.98. The van der Waals surface area contributed by atoms with E-state index in [2.05, 4.69) is 437 Å². The van der Waals surface area contributed by atoms with Gasteiger partial charge < -0.3 is 15.3 Å². The topological polar surface area (TPSA) is 60.7 Å². The fourth-order valence-electron chi connectivity index (χ4n) is 13.9. The molecule has 0 radical (unpaired) electrons. The predicted octanol–water partition coefficient (Wildman–Crippen LogP) is 35.4. The van der Waals surface area contributed by atoms with Crippen LogP contribution in [0.25, 0.3) is 66.8 Å². The molecule has 0 bridgehead atoms. The van der Waals surface area contributed by atoms with Crippen molar-refractivity contribution in [3.63, 3.8) is 0 Å². The number of aryl methyl sites for hydroxylation is 7. The first-order valence-corrected chi connectivity index (χ1v) is 44.5. The summed E-state index contributed by atoms with van der Waals surface area (Å²) in [4.78, 5) is 0. The number of benzene rings is 14. The summed E-state index contributed by atoms with van der Waals surface area (Å²) in [5.41, 5.74) is 35.1. The lowest BCUT2D eigenvalue weighted by molar-refractivity contribution is 0.404. The predicted molar refractivity (Wildman–Crippen MR) is 544 cm³/mol. The number of hydrogen-bond donors (Lipinski definition) is 3. The summed E-state index contributed by atoms with van der Waals surface area (Å²) in [5, 5.41) is 29.7. The van der Waals surface area contributed by atoms with Gasteiger partial charge in [0.05, 0.1) is 0 Å². The molecule has 646 valence electrons. The highest BCUT2D eigenvalue weighted by Gasteiger charge is 2.15. The van der Waals surface area contributed by atoms with E-state index >= 15 is 0 Å². The average molecular weight is 1650 g/mol. The Kier molecular flexibility index (Phi) is 41.6. The fourth-order valence-corrected chi connectivity index (χ4v) is 13.9. The highest BCUT2D eigenvalue weighted by Crippen LogP contribution is 2.40. The Morgan fingerprint density at radius 2 is 0.565 bits per heavy atom. The summed E-state index contributed by atoms with van der Waals surface area (Å²) in [6.45, 7) is 51.9. The first-order chi connectivity index (χ1) is 58.7. The summed E-state index contributed by atoms with van der Waals surface area (Å²) in [5.74, 6) is 10.5. The molecular weight excluding hydrogens is 1500 g/mol. The molecule has 124 heavy (non-hydrogen) atoms. The summed E-state index contributed by atoms with van der Waals surface area (Å²) in [6, 6.07) is 113. The minimum atomic E-state index is -0.0585. The number of hydrogen-bond acceptors (Lipinski definition) is 3. The van der Waals surface area contributed by atoms with Gasteiger partial charge in [0.15, 0.2) is 11.5 Å². The van der Waals surface area contributed by atoms with Crippen LogP contribution in [0.3, 0.4) is 0 Å². The molecule has 3 heteroatoms. The largest absolute Gasteiger partial charge is 0.507 e. The Labute approximate surface area is 750 Å². The molecule has 0 aliphatic carbocycles. The van der Waals surface area contributed by atoms with Crippen LogP contribution in [-0.4, -0.2) is 15.3 Å². The molecule has 0 aromatic heterocycles. The minimum absolute atomic E-state index is 0.